The van der Waals surface area contributed by atoms with Crippen molar-refractivity contribution in [3.05, 3.63) is 28.8 Å². The zero-order valence-corrected chi connectivity index (χ0v) is 11.2. The van der Waals surface area contributed by atoms with Gasteiger partial charge in [0.15, 0.2) is 0 Å². The maximum atomic E-state index is 12.0. The molecule has 1 aromatic carbocycles. The SMILES string of the molecule is CC1CCCC(NC(=O)c2ccc(Cl)cc2O)C1. The molecule has 1 aliphatic rings. The molecule has 2 atom stereocenters. The summed E-state index contributed by atoms with van der Waals surface area (Å²) in [6.07, 6.45) is 4.42. The second-order valence-electron chi connectivity index (χ2n) is 5.10. The summed E-state index contributed by atoms with van der Waals surface area (Å²) >= 11 is 5.74. The molecule has 3 nitrogen and oxygen atoms in total. The fraction of sp³-hybridized carbons (Fsp3) is 0.500. The summed E-state index contributed by atoms with van der Waals surface area (Å²) in [5.74, 6) is 0.370. The van der Waals surface area contributed by atoms with Gasteiger partial charge in [-0.15, -0.1) is 0 Å². The quantitative estimate of drug-likeness (QED) is 0.863. The van der Waals surface area contributed by atoms with E-state index < -0.39 is 0 Å². The lowest BCUT2D eigenvalue weighted by Crippen LogP contribution is -2.37. The molecule has 4 heteroatoms. The first-order valence-electron chi connectivity index (χ1n) is 6.35. The lowest BCUT2D eigenvalue weighted by molar-refractivity contribution is 0.0918. The molecule has 0 radical (unpaired) electrons. The second-order valence-corrected chi connectivity index (χ2v) is 5.54. The average Bonchev–Trinajstić information content (AvgIpc) is 2.28. The molecule has 0 aliphatic heterocycles. The van der Waals surface area contributed by atoms with E-state index in [0.29, 0.717) is 10.9 Å². The summed E-state index contributed by atoms with van der Waals surface area (Å²) in [5, 5.41) is 13.1. The number of aromatic hydroxyl groups is 1. The van der Waals surface area contributed by atoms with Crippen molar-refractivity contribution in [3.8, 4) is 5.75 Å². The van der Waals surface area contributed by atoms with E-state index in [9.17, 15) is 9.90 Å². The van der Waals surface area contributed by atoms with Gasteiger partial charge in [-0.1, -0.05) is 31.4 Å². The van der Waals surface area contributed by atoms with Crippen molar-refractivity contribution < 1.29 is 9.90 Å². The zero-order chi connectivity index (χ0) is 13.1. The molecule has 2 unspecified atom stereocenters. The largest absolute Gasteiger partial charge is 0.507 e. The van der Waals surface area contributed by atoms with E-state index in [4.69, 9.17) is 11.6 Å². The number of halogens is 1. The highest BCUT2D eigenvalue weighted by molar-refractivity contribution is 6.30. The number of rotatable bonds is 2. The van der Waals surface area contributed by atoms with Crippen LogP contribution >= 0.6 is 11.6 Å². The van der Waals surface area contributed by atoms with Crippen molar-refractivity contribution in [2.45, 2.75) is 38.6 Å². The van der Waals surface area contributed by atoms with Gasteiger partial charge in [0.25, 0.3) is 5.91 Å². The number of carbonyl (C=O) groups excluding carboxylic acids is 1. The molecule has 1 saturated carbocycles. The Bertz CT molecular complexity index is 447. The summed E-state index contributed by atoms with van der Waals surface area (Å²) in [5.41, 5.74) is 0.289. The Hall–Kier alpha value is -1.22. The molecule has 2 rings (SSSR count). The molecular weight excluding hydrogens is 250 g/mol. The number of carbonyl (C=O) groups is 1. The smallest absolute Gasteiger partial charge is 0.255 e. The van der Waals surface area contributed by atoms with Gasteiger partial charge in [0, 0.05) is 11.1 Å². The summed E-state index contributed by atoms with van der Waals surface area (Å²) in [6, 6.07) is 4.77. The predicted octanol–water partition coefficient (Wildman–Crippen LogP) is 3.35. The van der Waals surface area contributed by atoms with Crippen molar-refractivity contribution in [1.29, 1.82) is 0 Å². The van der Waals surface area contributed by atoms with E-state index in [1.54, 1.807) is 12.1 Å². The molecular formula is C14H18ClNO2. The number of phenolic OH excluding ortho intramolecular Hbond substituents is 1. The van der Waals surface area contributed by atoms with Gasteiger partial charge >= 0.3 is 0 Å². The number of phenols is 1. The Labute approximate surface area is 112 Å². The maximum Gasteiger partial charge on any atom is 0.255 e. The molecule has 2 N–H and O–H groups in total. The Morgan fingerprint density at radius 2 is 2.22 bits per heavy atom. The summed E-state index contributed by atoms with van der Waals surface area (Å²) in [7, 11) is 0. The number of benzene rings is 1. The minimum absolute atomic E-state index is 0.0659. The van der Waals surface area contributed by atoms with Crippen LogP contribution in [0.2, 0.25) is 5.02 Å². The standard InChI is InChI=1S/C14H18ClNO2/c1-9-3-2-4-11(7-9)16-14(18)12-6-5-10(15)8-13(12)17/h5-6,8-9,11,17H,2-4,7H2,1H3,(H,16,18). The Morgan fingerprint density at radius 3 is 2.89 bits per heavy atom. The fourth-order valence-corrected chi connectivity index (χ4v) is 2.69. The van der Waals surface area contributed by atoms with Crippen LogP contribution in [0.15, 0.2) is 18.2 Å². The van der Waals surface area contributed by atoms with Crippen molar-refractivity contribution >= 4 is 17.5 Å². The first kappa shape index (κ1) is 13.2. The van der Waals surface area contributed by atoms with Crippen LogP contribution < -0.4 is 5.32 Å². The minimum atomic E-state index is -0.219. The second kappa shape index (κ2) is 5.61. The molecule has 1 aromatic rings. The Kier molecular flexibility index (Phi) is 4.12. The van der Waals surface area contributed by atoms with Crippen LogP contribution in [0.4, 0.5) is 0 Å². The third kappa shape index (κ3) is 3.16. The van der Waals surface area contributed by atoms with Crippen LogP contribution in [0, 0.1) is 5.92 Å². The Morgan fingerprint density at radius 1 is 1.44 bits per heavy atom. The normalized spacial score (nSPS) is 23.7. The van der Waals surface area contributed by atoms with Gasteiger partial charge in [0.05, 0.1) is 5.56 Å². The first-order valence-corrected chi connectivity index (χ1v) is 6.73. The van der Waals surface area contributed by atoms with Gasteiger partial charge in [0.2, 0.25) is 0 Å². The minimum Gasteiger partial charge on any atom is -0.507 e. The molecule has 18 heavy (non-hydrogen) atoms. The van der Waals surface area contributed by atoms with Crippen LogP contribution in [0.1, 0.15) is 43.0 Å². The van der Waals surface area contributed by atoms with Crippen LogP contribution in [0.3, 0.4) is 0 Å². The van der Waals surface area contributed by atoms with E-state index in [2.05, 4.69) is 12.2 Å². The van der Waals surface area contributed by atoms with Crippen molar-refractivity contribution in [2.75, 3.05) is 0 Å². The highest BCUT2D eigenvalue weighted by Gasteiger charge is 2.21. The molecule has 98 valence electrons. The van der Waals surface area contributed by atoms with Gasteiger partial charge in [-0.3, -0.25) is 4.79 Å². The molecule has 1 amide bonds. The van der Waals surface area contributed by atoms with E-state index >= 15 is 0 Å². The number of hydrogen-bond acceptors (Lipinski definition) is 2. The van der Waals surface area contributed by atoms with Crippen molar-refractivity contribution in [3.63, 3.8) is 0 Å². The first-order chi connectivity index (χ1) is 8.56. The van der Waals surface area contributed by atoms with Gasteiger partial charge in [-0.2, -0.15) is 0 Å². The third-order valence-electron chi connectivity index (χ3n) is 3.48. The zero-order valence-electron chi connectivity index (χ0n) is 10.4. The molecule has 0 saturated heterocycles. The van der Waals surface area contributed by atoms with Crippen LogP contribution in [0.25, 0.3) is 0 Å². The number of nitrogens with one attached hydrogen (secondary N) is 1. The van der Waals surface area contributed by atoms with E-state index in [-0.39, 0.29) is 23.3 Å². The molecule has 1 fully saturated rings. The fourth-order valence-electron chi connectivity index (χ4n) is 2.53. The van der Waals surface area contributed by atoms with E-state index in [0.717, 1.165) is 19.3 Å². The monoisotopic (exact) mass is 267 g/mol. The van der Waals surface area contributed by atoms with Crippen LogP contribution in [-0.2, 0) is 0 Å². The highest BCUT2D eigenvalue weighted by atomic mass is 35.5. The molecule has 0 spiro atoms. The topological polar surface area (TPSA) is 49.3 Å². The van der Waals surface area contributed by atoms with Crippen LogP contribution in [-0.4, -0.2) is 17.1 Å². The van der Waals surface area contributed by atoms with Gasteiger partial charge in [0.1, 0.15) is 5.75 Å². The molecule has 0 heterocycles. The van der Waals surface area contributed by atoms with E-state index in [1.165, 1.54) is 12.5 Å². The average molecular weight is 268 g/mol. The summed E-state index contributed by atoms with van der Waals surface area (Å²) < 4.78 is 0. The lowest BCUT2D eigenvalue weighted by atomic mass is 9.87. The molecule has 0 aromatic heterocycles. The number of amides is 1. The Balaban J connectivity index is 2.03. The highest BCUT2D eigenvalue weighted by Crippen LogP contribution is 2.25. The maximum absolute atomic E-state index is 12.0. The predicted molar refractivity (Wildman–Crippen MR) is 72.0 cm³/mol. The lowest BCUT2D eigenvalue weighted by Gasteiger charge is -2.27. The molecule has 1 aliphatic carbocycles. The van der Waals surface area contributed by atoms with Crippen molar-refractivity contribution in [2.24, 2.45) is 5.92 Å². The van der Waals surface area contributed by atoms with Crippen LogP contribution in [0.5, 0.6) is 5.75 Å². The van der Waals surface area contributed by atoms with Gasteiger partial charge < -0.3 is 10.4 Å². The van der Waals surface area contributed by atoms with Crippen molar-refractivity contribution in [1.82, 2.24) is 5.32 Å². The van der Waals surface area contributed by atoms with Gasteiger partial charge in [-0.25, -0.2) is 0 Å². The van der Waals surface area contributed by atoms with Gasteiger partial charge in [-0.05, 0) is 37.0 Å². The summed E-state index contributed by atoms with van der Waals surface area (Å²) in [6.45, 7) is 2.21. The summed E-state index contributed by atoms with van der Waals surface area (Å²) in [4.78, 5) is 12.0. The third-order valence-corrected chi connectivity index (χ3v) is 3.71. The van der Waals surface area contributed by atoms with E-state index in [1.807, 2.05) is 0 Å². The number of hydrogen-bond donors (Lipinski definition) is 2. The molecule has 0 bridgehead atoms.